The molecule has 1 aliphatic heterocycles. The Kier molecular flexibility index (Phi) is 5.67. The molecular weight excluding hydrogens is 424 g/mol. The molecule has 5 rings (SSSR count). The molecule has 1 atom stereocenters. The first-order valence-electron chi connectivity index (χ1n) is 10.6. The van der Waals surface area contributed by atoms with Crippen LogP contribution in [0.1, 0.15) is 23.6 Å². The van der Waals surface area contributed by atoms with Gasteiger partial charge in [0.2, 0.25) is 5.95 Å². The fraction of sp³-hybridized carbons (Fsp3) is 0.304. The van der Waals surface area contributed by atoms with E-state index in [1.54, 1.807) is 6.07 Å². The molecular formula is C23H24N6O2S. The average molecular weight is 449 g/mol. The third-order valence-corrected chi connectivity index (χ3v) is 6.62. The van der Waals surface area contributed by atoms with Crippen molar-refractivity contribution in [3.8, 4) is 5.69 Å². The van der Waals surface area contributed by atoms with Gasteiger partial charge in [0.15, 0.2) is 5.16 Å². The number of hydrogen-bond donors (Lipinski definition) is 1. The topological polar surface area (TPSA) is 88.9 Å². The van der Waals surface area contributed by atoms with Gasteiger partial charge < -0.3 is 14.6 Å². The summed E-state index contributed by atoms with van der Waals surface area (Å²) in [6, 6.07) is 15.6. The number of nitrogens with one attached hydrogen (secondary N) is 1. The molecule has 2 aromatic heterocycles. The van der Waals surface area contributed by atoms with Crippen LogP contribution in [0.15, 0.2) is 58.5 Å². The third-order valence-electron chi connectivity index (χ3n) is 5.56. The number of hydrogen-bond acceptors (Lipinski definition) is 7. The fourth-order valence-corrected chi connectivity index (χ4v) is 4.76. The Morgan fingerprint density at radius 3 is 2.62 bits per heavy atom. The highest BCUT2D eigenvalue weighted by molar-refractivity contribution is 7.99. The molecule has 0 bridgehead atoms. The molecule has 1 saturated heterocycles. The number of ether oxygens (including phenoxy) is 1. The van der Waals surface area contributed by atoms with Crippen molar-refractivity contribution in [2.75, 3.05) is 31.2 Å². The molecule has 1 aliphatic rings. The van der Waals surface area contributed by atoms with Crippen molar-refractivity contribution >= 4 is 28.6 Å². The van der Waals surface area contributed by atoms with Crippen molar-refractivity contribution in [3.63, 3.8) is 0 Å². The molecule has 0 radical (unpaired) electrons. The Morgan fingerprint density at radius 2 is 1.81 bits per heavy atom. The molecule has 9 heteroatoms. The molecule has 0 spiro atoms. The summed E-state index contributed by atoms with van der Waals surface area (Å²) < 4.78 is 7.62. The number of fused-ring (bicyclic) bond motifs is 1. The van der Waals surface area contributed by atoms with Gasteiger partial charge in [-0.2, -0.15) is 0 Å². The number of morpholine rings is 1. The number of aromatic nitrogens is 5. The van der Waals surface area contributed by atoms with Crippen LogP contribution in [0.4, 0.5) is 5.95 Å². The van der Waals surface area contributed by atoms with E-state index >= 15 is 0 Å². The number of para-hydroxylation sites is 2. The van der Waals surface area contributed by atoms with Crippen LogP contribution in [-0.4, -0.2) is 51.0 Å². The highest BCUT2D eigenvalue weighted by Gasteiger charge is 2.24. The number of aryl methyl sites for hydroxylation is 1. The Bertz CT molecular complexity index is 1310. The van der Waals surface area contributed by atoms with Crippen LogP contribution in [0.2, 0.25) is 0 Å². The standard InChI is InChI=1S/C23H24N6O2S/c1-15-7-3-6-10-19(15)29-22(28-11-13-31-14-12-28)26-27-23(29)32-16(2)20-24-18-9-5-4-8-17(18)21(30)25-20/h3-10,16H,11-14H2,1-2H3,(H,24,25,30)/t16-/m0/s1. The zero-order valence-electron chi connectivity index (χ0n) is 18.0. The minimum absolute atomic E-state index is 0.128. The summed E-state index contributed by atoms with van der Waals surface area (Å²) in [4.78, 5) is 22.4. The molecule has 2 aromatic carbocycles. The van der Waals surface area contributed by atoms with Crippen LogP contribution in [-0.2, 0) is 4.74 Å². The summed E-state index contributed by atoms with van der Waals surface area (Å²) >= 11 is 1.53. The van der Waals surface area contributed by atoms with Gasteiger partial charge in [-0.3, -0.25) is 9.36 Å². The zero-order chi connectivity index (χ0) is 22.1. The van der Waals surface area contributed by atoms with Gasteiger partial charge in [-0.05, 0) is 37.6 Å². The van der Waals surface area contributed by atoms with E-state index in [9.17, 15) is 4.79 Å². The van der Waals surface area contributed by atoms with Crippen molar-refractivity contribution in [2.24, 2.45) is 0 Å². The Hall–Kier alpha value is -3.17. The summed E-state index contributed by atoms with van der Waals surface area (Å²) in [6.45, 7) is 6.97. The highest BCUT2D eigenvalue weighted by atomic mass is 32.2. The lowest BCUT2D eigenvalue weighted by Gasteiger charge is -2.28. The molecule has 1 fully saturated rings. The minimum atomic E-state index is -0.132. The van der Waals surface area contributed by atoms with Crippen molar-refractivity contribution in [2.45, 2.75) is 24.3 Å². The number of nitrogens with zero attached hydrogens (tertiary/aromatic N) is 5. The number of H-pyrrole nitrogens is 1. The fourth-order valence-electron chi connectivity index (χ4n) is 3.84. The number of aromatic amines is 1. The monoisotopic (exact) mass is 448 g/mol. The summed E-state index contributed by atoms with van der Waals surface area (Å²) in [5.41, 5.74) is 2.72. The van der Waals surface area contributed by atoms with Crippen LogP contribution in [0.3, 0.4) is 0 Å². The molecule has 1 N–H and O–H groups in total. The first kappa shape index (κ1) is 20.7. The molecule has 3 heterocycles. The van der Waals surface area contributed by atoms with E-state index in [1.165, 1.54) is 11.8 Å². The molecule has 164 valence electrons. The lowest BCUT2D eigenvalue weighted by atomic mass is 10.2. The first-order chi connectivity index (χ1) is 15.6. The first-order valence-corrected chi connectivity index (χ1v) is 11.5. The predicted molar refractivity (Wildman–Crippen MR) is 126 cm³/mol. The van der Waals surface area contributed by atoms with Gasteiger partial charge >= 0.3 is 0 Å². The van der Waals surface area contributed by atoms with Crippen molar-refractivity contribution < 1.29 is 4.74 Å². The second-order valence-corrected chi connectivity index (χ2v) is 9.04. The summed E-state index contributed by atoms with van der Waals surface area (Å²) in [6.07, 6.45) is 0. The SMILES string of the molecule is Cc1ccccc1-n1c(S[C@@H](C)c2nc3ccccc3c(=O)[nH]2)nnc1N1CCOCC1. The van der Waals surface area contributed by atoms with E-state index in [-0.39, 0.29) is 10.8 Å². The number of rotatable bonds is 5. The van der Waals surface area contributed by atoms with Crippen LogP contribution < -0.4 is 10.5 Å². The number of thioether (sulfide) groups is 1. The Labute approximate surface area is 189 Å². The maximum Gasteiger partial charge on any atom is 0.258 e. The summed E-state index contributed by atoms with van der Waals surface area (Å²) in [7, 11) is 0. The second-order valence-electron chi connectivity index (χ2n) is 7.73. The lowest BCUT2D eigenvalue weighted by Crippen LogP contribution is -2.38. The van der Waals surface area contributed by atoms with Gasteiger partial charge in [-0.25, -0.2) is 4.98 Å². The van der Waals surface area contributed by atoms with Gasteiger partial charge in [-0.15, -0.1) is 10.2 Å². The number of anilines is 1. The van der Waals surface area contributed by atoms with Gasteiger partial charge in [0, 0.05) is 13.1 Å². The maximum atomic E-state index is 12.5. The quantitative estimate of drug-likeness (QED) is 0.468. The van der Waals surface area contributed by atoms with Crippen LogP contribution >= 0.6 is 11.8 Å². The zero-order valence-corrected chi connectivity index (χ0v) is 18.8. The van der Waals surface area contributed by atoms with E-state index in [1.807, 2.05) is 37.3 Å². The van der Waals surface area contributed by atoms with Crippen molar-refractivity contribution in [1.82, 2.24) is 24.7 Å². The van der Waals surface area contributed by atoms with E-state index < -0.39 is 0 Å². The second kappa shape index (κ2) is 8.76. The van der Waals surface area contributed by atoms with E-state index in [2.05, 4.69) is 48.7 Å². The molecule has 0 saturated carbocycles. The summed E-state index contributed by atoms with van der Waals surface area (Å²) in [5.74, 6) is 1.42. The maximum absolute atomic E-state index is 12.5. The summed E-state index contributed by atoms with van der Waals surface area (Å²) in [5, 5.41) is 10.3. The highest BCUT2D eigenvalue weighted by Crippen LogP contribution is 2.36. The van der Waals surface area contributed by atoms with Gasteiger partial charge in [0.25, 0.3) is 5.56 Å². The van der Waals surface area contributed by atoms with Crippen molar-refractivity contribution in [3.05, 3.63) is 70.3 Å². The smallest absolute Gasteiger partial charge is 0.258 e. The van der Waals surface area contributed by atoms with E-state index in [0.717, 1.165) is 35.4 Å². The third kappa shape index (κ3) is 3.89. The lowest BCUT2D eigenvalue weighted by molar-refractivity contribution is 0.122. The Balaban J connectivity index is 1.54. The largest absolute Gasteiger partial charge is 0.378 e. The van der Waals surface area contributed by atoms with Crippen LogP contribution in [0.25, 0.3) is 16.6 Å². The van der Waals surface area contributed by atoms with Gasteiger partial charge in [-0.1, -0.05) is 42.1 Å². The van der Waals surface area contributed by atoms with Crippen molar-refractivity contribution in [1.29, 1.82) is 0 Å². The Morgan fingerprint density at radius 1 is 1.06 bits per heavy atom. The predicted octanol–water partition coefficient (Wildman–Crippen LogP) is 3.50. The molecule has 4 aromatic rings. The molecule has 0 aliphatic carbocycles. The van der Waals surface area contributed by atoms with E-state index in [4.69, 9.17) is 4.74 Å². The van der Waals surface area contributed by atoms with E-state index in [0.29, 0.717) is 29.9 Å². The van der Waals surface area contributed by atoms with Crippen LogP contribution in [0.5, 0.6) is 0 Å². The van der Waals surface area contributed by atoms with Gasteiger partial charge in [0.05, 0.1) is 35.1 Å². The van der Waals surface area contributed by atoms with Gasteiger partial charge in [0.1, 0.15) is 5.82 Å². The molecule has 0 unspecified atom stereocenters. The molecule has 32 heavy (non-hydrogen) atoms. The average Bonchev–Trinajstić information content (AvgIpc) is 3.23. The minimum Gasteiger partial charge on any atom is -0.378 e. The van der Waals surface area contributed by atoms with Crippen LogP contribution in [0, 0.1) is 6.92 Å². The number of benzene rings is 2. The molecule has 0 amide bonds. The normalized spacial score (nSPS) is 15.2. The molecule has 8 nitrogen and oxygen atoms in total.